The second-order valence-electron chi connectivity index (χ2n) is 4.65. The van der Waals surface area contributed by atoms with Gasteiger partial charge in [-0.15, -0.1) is 0 Å². The monoisotopic (exact) mass is 268 g/mol. The summed E-state index contributed by atoms with van der Waals surface area (Å²) >= 11 is 0. The van der Waals surface area contributed by atoms with Gasteiger partial charge in [-0.1, -0.05) is 30.3 Å². The first-order valence-corrected chi connectivity index (χ1v) is 6.64. The van der Waals surface area contributed by atoms with E-state index in [0.717, 1.165) is 23.7 Å². The minimum atomic E-state index is -0.0205. The lowest BCUT2D eigenvalue weighted by molar-refractivity contribution is -0.115. The Hall–Kier alpha value is -2.49. The maximum Gasteiger partial charge on any atom is 0.243 e. The van der Waals surface area contributed by atoms with E-state index < -0.39 is 0 Å². The first-order valence-electron chi connectivity index (χ1n) is 6.64. The molecular formula is C16H16N2O2. The summed E-state index contributed by atoms with van der Waals surface area (Å²) < 4.78 is 5.58. The number of hydrogen-bond acceptors (Lipinski definition) is 3. The standard InChI is InChI=1S/C16H16N2O2/c19-16(17-13-6-2-1-3-7-13)12-18-10-11-20-15-9-5-4-8-14(15)18/h1-9H,10-12H2,(H,17,19). The van der Waals surface area contributed by atoms with Crippen molar-refractivity contribution in [2.45, 2.75) is 0 Å². The largest absolute Gasteiger partial charge is 0.490 e. The quantitative estimate of drug-likeness (QED) is 0.930. The van der Waals surface area contributed by atoms with Crippen molar-refractivity contribution < 1.29 is 9.53 Å². The summed E-state index contributed by atoms with van der Waals surface area (Å²) in [7, 11) is 0. The number of ether oxygens (including phenoxy) is 1. The molecule has 20 heavy (non-hydrogen) atoms. The van der Waals surface area contributed by atoms with Crippen LogP contribution in [0.4, 0.5) is 11.4 Å². The minimum Gasteiger partial charge on any atom is -0.490 e. The number of anilines is 2. The number of benzene rings is 2. The van der Waals surface area contributed by atoms with Gasteiger partial charge in [0.15, 0.2) is 0 Å². The van der Waals surface area contributed by atoms with Gasteiger partial charge in [-0.2, -0.15) is 0 Å². The van der Waals surface area contributed by atoms with Crippen LogP contribution < -0.4 is 15.0 Å². The van der Waals surface area contributed by atoms with E-state index in [1.165, 1.54) is 0 Å². The van der Waals surface area contributed by atoms with Crippen molar-refractivity contribution in [2.24, 2.45) is 0 Å². The summed E-state index contributed by atoms with van der Waals surface area (Å²) in [5.41, 5.74) is 1.79. The van der Waals surface area contributed by atoms with Crippen molar-refractivity contribution in [3.8, 4) is 5.75 Å². The second kappa shape index (κ2) is 5.65. The van der Waals surface area contributed by atoms with Gasteiger partial charge in [0.05, 0.1) is 18.8 Å². The Kier molecular flexibility index (Phi) is 3.54. The SMILES string of the molecule is O=C(CN1CCOc2ccccc21)Nc1ccccc1. The lowest BCUT2D eigenvalue weighted by Gasteiger charge is -2.30. The normalized spacial score (nSPS) is 13.3. The van der Waals surface area contributed by atoms with Gasteiger partial charge >= 0.3 is 0 Å². The first kappa shape index (κ1) is 12.5. The van der Waals surface area contributed by atoms with Crippen molar-refractivity contribution in [1.82, 2.24) is 0 Å². The number of carbonyl (C=O) groups excluding carboxylic acids is 1. The Morgan fingerprint density at radius 3 is 2.70 bits per heavy atom. The van der Waals surface area contributed by atoms with Crippen LogP contribution in [0.5, 0.6) is 5.75 Å². The number of para-hydroxylation sites is 3. The fraction of sp³-hybridized carbons (Fsp3) is 0.188. The van der Waals surface area contributed by atoms with Crippen molar-refractivity contribution in [3.05, 3.63) is 54.6 Å². The van der Waals surface area contributed by atoms with Gasteiger partial charge in [0, 0.05) is 5.69 Å². The molecule has 1 aliphatic heterocycles. The molecule has 1 aliphatic rings. The number of amides is 1. The summed E-state index contributed by atoms with van der Waals surface area (Å²) in [5.74, 6) is 0.819. The zero-order valence-electron chi connectivity index (χ0n) is 11.1. The van der Waals surface area contributed by atoms with Gasteiger partial charge in [-0.05, 0) is 24.3 Å². The lowest BCUT2D eigenvalue weighted by Crippen LogP contribution is -2.38. The molecule has 3 rings (SSSR count). The predicted molar refractivity (Wildman–Crippen MR) is 79.2 cm³/mol. The van der Waals surface area contributed by atoms with Crippen LogP contribution in [0.15, 0.2) is 54.6 Å². The average molecular weight is 268 g/mol. The highest BCUT2D eigenvalue weighted by Gasteiger charge is 2.19. The van der Waals surface area contributed by atoms with Gasteiger partial charge in [0.25, 0.3) is 0 Å². The number of fused-ring (bicyclic) bond motifs is 1. The molecule has 0 bridgehead atoms. The predicted octanol–water partition coefficient (Wildman–Crippen LogP) is 2.52. The molecule has 2 aromatic rings. The molecule has 0 saturated heterocycles. The van der Waals surface area contributed by atoms with Gasteiger partial charge in [0.1, 0.15) is 12.4 Å². The number of rotatable bonds is 3. The van der Waals surface area contributed by atoms with Gasteiger partial charge < -0.3 is 15.0 Å². The van der Waals surface area contributed by atoms with Crippen molar-refractivity contribution >= 4 is 17.3 Å². The van der Waals surface area contributed by atoms with E-state index >= 15 is 0 Å². The molecule has 0 aliphatic carbocycles. The molecule has 0 saturated carbocycles. The highest BCUT2D eigenvalue weighted by Crippen LogP contribution is 2.30. The molecule has 0 aromatic heterocycles. The zero-order chi connectivity index (χ0) is 13.8. The van der Waals surface area contributed by atoms with E-state index in [-0.39, 0.29) is 5.91 Å². The zero-order valence-corrected chi connectivity index (χ0v) is 11.1. The Bertz CT molecular complexity index is 598. The van der Waals surface area contributed by atoms with Crippen LogP contribution in [0.25, 0.3) is 0 Å². The molecule has 0 unspecified atom stereocenters. The van der Waals surface area contributed by atoms with Crippen LogP contribution in [0.3, 0.4) is 0 Å². The fourth-order valence-corrected chi connectivity index (χ4v) is 2.29. The maximum absolute atomic E-state index is 12.1. The molecule has 0 spiro atoms. The lowest BCUT2D eigenvalue weighted by atomic mass is 10.2. The molecule has 0 radical (unpaired) electrons. The van der Waals surface area contributed by atoms with Gasteiger partial charge in [0.2, 0.25) is 5.91 Å². The number of nitrogens with one attached hydrogen (secondary N) is 1. The molecule has 1 N–H and O–H groups in total. The summed E-state index contributed by atoms with van der Waals surface area (Å²) in [5, 5.41) is 2.90. The van der Waals surface area contributed by atoms with E-state index in [2.05, 4.69) is 5.32 Å². The maximum atomic E-state index is 12.1. The Balaban J connectivity index is 1.68. The van der Waals surface area contributed by atoms with Crippen LogP contribution >= 0.6 is 0 Å². The summed E-state index contributed by atoms with van der Waals surface area (Å²) in [6.45, 7) is 1.66. The summed E-state index contributed by atoms with van der Waals surface area (Å²) in [4.78, 5) is 14.1. The molecular weight excluding hydrogens is 252 g/mol. The third-order valence-electron chi connectivity index (χ3n) is 3.22. The van der Waals surface area contributed by atoms with Crippen molar-refractivity contribution in [1.29, 1.82) is 0 Å². The second-order valence-corrected chi connectivity index (χ2v) is 4.65. The van der Waals surface area contributed by atoms with E-state index in [1.807, 2.05) is 59.5 Å². The Morgan fingerprint density at radius 1 is 1.10 bits per heavy atom. The van der Waals surface area contributed by atoms with Gasteiger partial charge in [-0.3, -0.25) is 4.79 Å². The number of nitrogens with zero attached hydrogens (tertiary/aromatic N) is 1. The first-order chi connectivity index (χ1) is 9.83. The number of carbonyl (C=O) groups is 1. The van der Waals surface area contributed by atoms with Crippen molar-refractivity contribution in [3.63, 3.8) is 0 Å². The van der Waals surface area contributed by atoms with E-state index in [1.54, 1.807) is 0 Å². The molecule has 4 heteroatoms. The molecule has 1 heterocycles. The summed E-state index contributed by atoms with van der Waals surface area (Å²) in [6, 6.07) is 17.3. The third kappa shape index (κ3) is 2.74. The van der Waals surface area contributed by atoms with Crippen molar-refractivity contribution in [2.75, 3.05) is 29.9 Å². The van der Waals surface area contributed by atoms with Crippen LogP contribution in [0.1, 0.15) is 0 Å². The highest BCUT2D eigenvalue weighted by atomic mass is 16.5. The van der Waals surface area contributed by atoms with E-state index in [9.17, 15) is 4.79 Å². The fourth-order valence-electron chi connectivity index (χ4n) is 2.29. The molecule has 2 aromatic carbocycles. The summed E-state index contributed by atoms with van der Waals surface area (Å²) in [6.07, 6.45) is 0. The third-order valence-corrected chi connectivity index (χ3v) is 3.22. The molecule has 0 fully saturated rings. The van der Waals surface area contributed by atoms with Crippen LogP contribution in [0.2, 0.25) is 0 Å². The van der Waals surface area contributed by atoms with Gasteiger partial charge in [-0.25, -0.2) is 0 Å². The average Bonchev–Trinajstić information content (AvgIpc) is 2.48. The molecule has 0 atom stereocenters. The molecule has 4 nitrogen and oxygen atoms in total. The molecule has 1 amide bonds. The smallest absolute Gasteiger partial charge is 0.243 e. The Morgan fingerprint density at radius 2 is 1.85 bits per heavy atom. The van der Waals surface area contributed by atoms with Crippen LogP contribution in [0, 0.1) is 0 Å². The van der Waals surface area contributed by atoms with Crippen LogP contribution in [-0.2, 0) is 4.79 Å². The minimum absolute atomic E-state index is 0.0205. The van der Waals surface area contributed by atoms with Crippen LogP contribution in [-0.4, -0.2) is 25.6 Å². The Labute approximate surface area is 118 Å². The van der Waals surface area contributed by atoms with E-state index in [4.69, 9.17) is 4.74 Å². The molecule has 102 valence electrons. The number of hydrogen-bond donors (Lipinski definition) is 1. The topological polar surface area (TPSA) is 41.6 Å². The van der Waals surface area contributed by atoms with E-state index in [0.29, 0.717) is 13.2 Å². The highest BCUT2D eigenvalue weighted by molar-refractivity contribution is 5.94.